The predicted octanol–water partition coefficient (Wildman–Crippen LogP) is 0.423. The number of nitrogens with one attached hydrogen (secondary N) is 1. The Labute approximate surface area is 211 Å². The van der Waals surface area contributed by atoms with E-state index in [1.165, 1.54) is 59.5 Å². The van der Waals surface area contributed by atoms with E-state index in [4.69, 9.17) is 20.0 Å². The average Bonchev–Trinajstić information content (AvgIpc) is 3.30. The van der Waals surface area contributed by atoms with Crippen LogP contribution in [0.25, 0.3) is 0 Å². The lowest BCUT2D eigenvalue weighted by Crippen LogP contribution is -2.70. The zero-order valence-corrected chi connectivity index (χ0v) is 20.2. The number of amides is 2. The van der Waals surface area contributed by atoms with Gasteiger partial charge in [-0.15, -0.1) is 23.1 Å². The molecule has 2 aliphatic heterocycles. The first-order chi connectivity index (χ1) is 17.3. The Kier molecular flexibility index (Phi) is 7.40. The molecule has 3 heterocycles. The highest BCUT2D eigenvalue weighted by molar-refractivity contribution is 8.00. The lowest BCUT2D eigenvalue weighted by Gasteiger charge is -2.48. The number of β-lactam (4-membered cyclic amide) rings is 1. The minimum absolute atomic E-state index is 0.0154. The van der Waals surface area contributed by atoms with Crippen molar-refractivity contribution >= 4 is 57.7 Å². The first kappa shape index (κ1) is 25.0. The van der Waals surface area contributed by atoms with Crippen molar-refractivity contribution in [3.05, 3.63) is 52.7 Å². The van der Waals surface area contributed by atoms with Gasteiger partial charge in [0, 0.05) is 11.1 Å². The molecule has 0 radical (unpaired) electrons. The number of rotatable bonds is 8. The smallest absolute Gasteiger partial charge is 0.357 e. The van der Waals surface area contributed by atoms with Gasteiger partial charge in [-0.1, -0.05) is 5.16 Å². The Morgan fingerprint density at radius 2 is 1.97 bits per heavy atom. The number of esters is 2. The number of nitrogens with two attached hydrogens (primary N) is 1. The van der Waals surface area contributed by atoms with Crippen LogP contribution in [0.1, 0.15) is 16.1 Å². The van der Waals surface area contributed by atoms with Crippen LogP contribution >= 0.6 is 23.1 Å². The van der Waals surface area contributed by atoms with Crippen molar-refractivity contribution in [1.29, 1.82) is 0 Å². The second kappa shape index (κ2) is 10.7. The first-order valence-corrected chi connectivity index (χ1v) is 12.1. The van der Waals surface area contributed by atoms with Crippen LogP contribution in [0.15, 0.2) is 46.6 Å². The van der Waals surface area contributed by atoms with Crippen molar-refractivity contribution < 1.29 is 38.6 Å². The Morgan fingerprint density at radius 3 is 2.64 bits per heavy atom. The molecule has 0 spiro atoms. The van der Waals surface area contributed by atoms with Crippen molar-refractivity contribution in [1.82, 2.24) is 15.2 Å². The monoisotopic (exact) mass is 533 g/mol. The molecule has 2 atom stereocenters. The maximum atomic E-state index is 12.8. The normalized spacial score (nSPS) is 18.9. The maximum absolute atomic E-state index is 12.8. The number of aromatic hydroxyl groups is 1. The minimum atomic E-state index is -0.927. The summed E-state index contributed by atoms with van der Waals surface area (Å²) in [5.41, 5.74) is 5.80. The zero-order valence-electron chi connectivity index (χ0n) is 18.6. The highest BCUT2D eigenvalue weighted by Gasteiger charge is 2.53. The second-order valence-electron chi connectivity index (χ2n) is 7.19. The molecule has 188 valence electrons. The molecule has 4 rings (SSSR count). The van der Waals surface area contributed by atoms with Crippen molar-refractivity contribution in [2.24, 2.45) is 5.16 Å². The fourth-order valence-electron chi connectivity index (χ4n) is 3.32. The van der Waals surface area contributed by atoms with Crippen LogP contribution in [0.4, 0.5) is 5.13 Å². The Bertz CT molecular complexity index is 1260. The van der Waals surface area contributed by atoms with Crippen molar-refractivity contribution in [2.45, 2.75) is 11.4 Å². The molecule has 1 aromatic carbocycles. The lowest BCUT2D eigenvalue weighted by atomic mass is 10.0. The van der Waals surface area contributed by atoms with E-state index < -0.39 is 42.0 Å². The molecular weight excluding hydrogens is 514 g/mol. The zero-order chi connectivity index (χ0) is 25.8. The van der Waals surface area contributed by atoms with Gasteiger partial charge in [-0.2, -0.15) is 0 Å². The predicted molar refractivity (Wildman–Crippen MR) is 128 cm³/mol. The van der Waals surface area contributed by atoms with Crippen LogP contribution in [0, 0.1) is 0 Å². The summed E-state index contributed by atoms with van der Waals surface area (Å²) in [6.07, 6.45) is 1.51. The number of benzene rings is 1. The van der Waals surface area contributed by atoms with Crippen LogP contribution in [-0.4, -0.2) is 75.5 Å². The lowest BCUT2D eigenvalue weighted by molar-refractivity contribution is -0.156. The number of hydrogen-bond acceptors (Lipinski definition) is 13. The Morgan fingerprint density at radius 1 is 1.25 bits per heavy atom. The Balaban J connectivity index is 1.34. The van der Waals surface area contributed by atoms with Gasteiger partial charge < -0.3 is 30.5 Å². The maximum Gasteiger partial charge on any atom is 0.357 e. The van der Waals surface area contributed by atoms with Crippen LogP contribution < -0.4 is 11.1 Å². The van der Waals surface area contributed by atoms with E-state index in [0.29, 0.717) is 5.75 Å². The summed E-state index contributed by atoms with van der Waals surface area (Å²) < 4.78 is 9.91. The number of hydrogen-bond donors (Lipinski definition) is 3. The molecule has 13 nitrogen and oxygen atoms in total. The molecule has 0 saturated carbocycles. The van der Waals surface area contributed by atoms with E-state index in [0.717, 1.165) is 11.3 Å². The number of ether oxygens (including phenoxy) is 2. The fourth-order valence-corrected chi connectivity index (χ4v) is 5.06. The fraction of sp³-hybridized carbons (Fsp3) is 0.238. The number of phenols is 1. The SMILES string of the molecule is CO/N=C(\C(=O)N[C@@H]1C(=O)N2C(C(=O)OCOC(=O)c3ccc(O)cc3)=CCS[C@H]12)c1csc(N)n1. The summed E-state index contributed by atoms with van der Waals surface area (Å²) in [7, 11) is 1.26. The molecule has 0 bridgehead atoms. The average molecular weight is 534 g/mol. The van der Waals surface area contributed by atoms with Crippen molar-refractivity contribution in [3.63, 3.8) is 0 Å². The van der Waals surface area contributed by atoms with Gasteiger partial charge in [0.15, 0.2) is 10.8 Å². The number of phenolic OH excluding ortho intramolecular Hbond substituents is 1. The van der Waals surface area contributed by atoms with Crippen molar-refractivity contribution in [3.8, 4) is 5.75 Å². The number of carbonyl (C=O) groups excluding carboxylic acids is 4. The largest absolute Gasteiger partial charge is 0.508 e. The van der Waals surface area contributed by atoms with Gasteiger partial charge in [0.1, 0.15) is 35.7 Å². The summed E-state index contributed by atoms with van der Waals surface area (Å²) in [6, 6.07) is 4.40. The number of oxime groups is 1. The van der Waals surface area contributed by atoms with E-state index in [1.54, 1.807) is 0 Å². The summed E-state index contributed by atoms with van der Waals surface area (Å²) >= 11 is 2.45. The highest BCUT2D eigenvalue weighted by Crippen LogP contribution is 2.37. The summed E-state index contributed by atoms with van der Waals surface area (Å²) in [6.45, 7) is -0.677. The second-order valence-corrected chi connectivity index (χ2v) is 9.23. The standard InChI is InChI=1S/C21H19N5O8S2/c1-32-25-14(12-8-36-21(22)23-12)16(28)24-15-17(29)26-13(6-7-35-18(15)26)20(31)34-9-33-19(30)10-2-4-11(27)5-3-10/h2-6,8,15,18,27H,7,9H2,1H3,(H2,22,23)(H,24,28)/b25-14-/t15-,18-/m1/s1. The minimum Gasteiger partial charge on any atom is -0.508 e. The van der Waals surface area contributed by atoms with E-state index in [9.17, 15) is 24.3 Å². The number of carbonyl (C=O) groups is 4. The third-order valence-corrected chi connectivity index (χ3v) is 6.84. The first-order valence-electron chi connectivity index (χ1n) is 10.2. The molecule has 1 aromatic heterocycles. The van der Waals surface area contributed by atoms with Gasteiger partial charge >= 0.3 is 11.9 Å². The number of nitrogen functional groups attached to an aromatic ring is 1. The van der Waals surface area contributed by atoms with E-state index >= 15 is 0 Å². The van der Waals surface area contributed by atoms with Crippen molar-refractivity contribution in [2.75, 3.05) is 25.4 Å². The van der Waals surface area contributed by atoms with Crippen LogP contribution in [0.5, 0.6) is 5.75 Å². The van der Waals surface area contributed by atoms with E-state index in [1.807, 2.05) is 0 Å². The van der Waals surface area contributed by atoms with E-state index in [2.05, 4.69) is 15.5 Å². The molecule has 1 fully saturated rings. The summed E-state index contributed by atoms with van der Waals surface area (Å²) in [5.74, 6) is -2.48. The number of fused-ring (bicyclic) bond motifs is 1. The summed E-state index contributed by atoms with van der Waals surface area (Å²) in [5, 5.41) is 16.8. The molecule has 1 saturated heterocycles. The molecule has 15 heteroatoms. The quantitative estimate of drug-likeness (QED) is 0.141. The summed E-state index contributed by atoms with van der Waals surface area (Å²) in [4.78, 5) is 60.1. The van der Waals surface area contributed by atoms with Crippen LogP contribution in [-0.2, 0) is 28.7 Å². The number of thiazole rings is 1. The molecule has 2 aromatic rings. The van der Waals surface area contributed by atoms with Gasteiger partial charge in [-0.25, -0.2) is 14.6 Å². The number of aromatic nitrogens is 1. The van der Waals surface area contributed by atoms with Gasteiger partial charge in [0.2, 0.25) is 6.79 Å². The molecule has 4 N–H and O–H groups in total. The molecular formula is C21H19N5O8S2. The van der Waals surface area contributed by atoms with Gasteiger partial charge in [-0.3, -0.25) is 14.5 Å². The molecule has 2 aliphatic rings. The topological polar surface area (TPSA) is 183 Å². The van der Waals surface area contributed by atoms with Gasteiger partial charge in [0.05, 0.1) is 5.56 Å². The molecule has 36 heavy (non-hydrogen) atoms. The molecule has 0 unspecified atom stereocenters. The Hall–Kier alpha value is -4.11. The molecule has 0 aliphatic carbocycles. The highest BCUT2D eigenvalue weighted by atomic mass is 32.2. The van der Waals surface area contributed by atoms with Gasteiger partial charge in [-0.05, 0) is 30.3 Å². The number of thioether (sulfide) groups is 1. The van der Waals surface area contributed by atoms with Crippen LogP contribution in [0.2, 0.25) is 0 Å². The molecule has 2 amide bonds. The van der Waals surface area contributed by atoms with Gasteiger partial charge in [0.25, 0.3) is 11.8 Å². The third kappa shape index (κ3) is 5.11. The number of nitrogens with zero attached hydrogens (tertiary/aromatic N) is 3. The van der Waals surface area contributed by atoms with E-state index in [-0.39, 0.29) is 33.5 Å². The number of anilines is 1. The third-order valence-electron chi connectivity index (χ3n) is 4.99. The van der Waals surface area contributed by atoms with Crippen LogP contribution in [0.3, 0.4) is 0 Å².